The number of carbonyl (C=O) groups excluding carboxylic acids is 1. The van der Waals surface area contributed by atoms with Gasteiger partial charge in [0.25, 0.3) is 0 Å². The third kappa shape index (κ3) is 4.42. The molecule has 3 N–H and O–H groups in total. The number of aryl methyl sites for hydroxylation is 3. The lowest BCUT2D eigenvalue weighted by molar-refractivity contribution is 0.207. The monoisotopic (exact) mass is 323 g/mol. The Balaban J connectivity index is 1.71. The van der Waals surface area contributed by atoms with E-state index < -0.39 is 0 Å². The first-order chi connectivity index (χ1) is 10.5. The quantitative estimate of drug-likeness (QED) is 0.830. The van der Waals surface area contributed by atoms with Gasteiger partial charge in [-0.05, 0) is 26.3 Å². The van der Waals surface area contributed by atoms with E-state index in [0.717, 1.165) is 24.4 Å². The fourth-order valence-electron chi connectivity index (χ4n) is 2.08. The predicted octanol–water partition coefficient (Wildman–Crippen LogP) is 1.17. The number of anilines is 1. The molecule has 0 aliphatic rings. The van der Waals surface area contributed by atoms with Gasteiger partial charge in [0.15, 0.2) is 0 Å². The van der Waals surface area contributed by atoms with E-state index in [2.05, 4.69) is 20.6 Å². The van der Waals surface area contributed by atoms with Crippen LogP contribution in [0.3, 0.4) is 0 Å². The second-order valence-electron chi connectivity index (χ2n) is 5.12. The summed E-state index contributed by atoms with van der Waals surface area (Å²) in [7, 11) is 1.77. The van der Waals surface area contributed by atoms with Crippen molar-refractivity contribution in [3.8, 4) is 0 Å². The van der Waals surface area contributed by atoms with Crippen molar-refractivity contribution in [2.24, 2.45) is 0 Å². The molecule has 0 aromatic carbocycles. The molecule has 0 atom stereocenters. The number of nitrogens with two attached hydrogens (primary N) is 1. The van der Waals surface area contributed by atoms with Crippen LogP contribution < -0.4 is 11.1 Å². The van der Waals surface area contributed by atoms with Crippen LogP contribution in [0.25, 0.3) is 0 Å². The largest absolute Gasteiger partial charge is 0.374 e. The lowest BCUT2D eigenvalue weighted by atomic mass is 10.3. The Morgan fingerprint density at radius 1 is 1.45 bits per heavy atom. The zero-order chi connectivity index (χ0) is 16.1. The molecule has 8 nitrogen and oxygen atoms in total. The van der Waals surface area contributed by atoms with Crippen LogP contribution in [0, 0.1) is 13.8 Å². The van der Waals surface area contributed by atoms with Gasteiger partial charge in [0, 0.05) is 25.8 Å². The minimum Gasteiger partial charge on any atom is -0.374 e. The Morgan fingerprint density at radius 2 is 2.23 bits per heavy atom. The number of aromatic nitrogens is 4. The Bertz CT molecular complexity index is 636. The summed E-state index contributed by atoms with van der Waals surface area (Å²) in [6.45, 7) is 5.80. The van der Waals surface area contributed by atoms with Crippen molar-refractivity contribution in [2.75, 3.05) is 19.3 Å². The molecule has 0 saturated heterocycles. The standard InChI is InChI=1S/C13H21N7OS/c1-9-7-10(2)20(18-9)6-4-5-19(3)13(21)15-8-11-16-17-12(14)22-11/h7H,4-6,8H2,1-3H3,(H2,14,17)(H,15,21). The van der Waals surface area contributed by atoms with Crippen LogP contribution in [0.5, 0.6) is 0 Å². The Kier molecular flexibility index (Phi) is 5.31. The molecule has 9 heteroatoms. The SMILES string of the molecule is Cc1cc(C)n(CCCN(C)C(=O)NCc2nnc(N)s2)n1. The number of rotatable bonds is 6. The van der Waals surface area contributed by atoms with Crippen LogP contribution in [0.2, 0.25) is 0 Å². The first-order valence-corrected chi connectivity index (χ1v) is 7.85. The van der Waals surface area contributed by atoms with E-state index in [1.54, 1.807) is 11.9 Å². The molecular weight excluding hydrogens is 302 g/mol. The zero-order valence-corrected chi connectivity index (χ0v) is 13.9. The summed E-state index contributed by atoms with van der Waals surface area (Å²) in [5.41, 5.74) is 7.64. The van der Waals surface area contributed by atoms with Gasteiger partial charge in [-0.3, -0.25) is 4.68 Å². The lowest BCUT2D eigenvalue weighted by Crippen LogP contribution is -2.37. The Labute approximate surface area is 133 Å². The average molecular weight is 323 g/mol. The van der Waals surface area contributed by atoms with Crippen molar-refractivity contribution in [1.29, 1.82) is 0 Å². The molecule has 0 unspecified atom stereocenters. The second kappa shape index (κ2) is 7.21. The molecule has 0 fully saturated rings. The van der Waals surface area contributed by atoms with E-state index in [1.807, 2.05) is 24.6 Å². The summed E-state index contributed by atoms with van der Waals surface area (Å²) < 4.78 is 1.96. The molecule has 2 amide bonds. The topological polar surface area (TPSA) is 102 Å². The molecule has 0 radical (unpaired) electrons. The minimum absolute atomic E-state index is 0.137. The first-order valence-electron chi connectivity index (χ1n) is 7.03. The molecule has 2 aromatic heterocycles. The van der Waals surface area contributed by atoms with Crippen molar-refractivity contribution < 1.29 is 4.79 Å². The predicted molar refractivity (Wildman–Crippen MR) is 85.5 cm³/mol. The van der Waals surface area contributed by atoms with Gasteiger partial charge in [-0.15, -0.1) is 10.2 Å². The Morgan fingerprint density at radius 3 is 2.82 bits per heavy atom. The number of amides is 2. The maximum atomic E-state index is 12.0. The van der Waals surface area contributed by atoms with E-state index in [0.29, 0.717) is 23.2 Å². The molecule has 0 aliphatic carbocycles. The van der Waals surface area contributed by atoms with Crippen LogP contribution in [0.15, 0.2) is 6.07 Å². The number of urea groups is 1. The van der Waals surface area contributed by atoms with Gasteiger partial charge in [-0.1, -0.05) is 11.3 Å². The van der Waals surface area contributed by atoms with E-state index >= 15 is 0 Å². The molecule has 22 heavy (non-hydrogen) atoms. The number of hydrogen-bond acceptors (Lipinski definition) is 6. The van der Waals surface area contributed by atoms with Crippen molar-refractivity contribution in [3.05, 3.63) is 22.5 Å². The molecule has 2 aromatic rings. The number of nitrogen functional groups attached to an aromatic ring is 1. The fourth-order valence-corrected chi connectivity index (χ4v) is 2.63. The van der Waals surface area contributed by atoms with E-state index in [-0.39, 0.29) is 6.03 Å². The van der Waals surface area contributed by atoms with Gasteiger partial charge in [-0.2, -0.15) is 5.10 Å². The number of hydrogen-bond donors (Lipinski definition) is 2. The molecular formula is C13H21N7OS. The third-order valence-corrected chi connectivity index (χ3v) is 3.94. The second-order valence-corrected chi connectivity index (χ2v) is 6.21. The van der Waals surface area contributed by atoms with Gasteiger partial charge in [0.2, 0.25) is 5.13 Å². The molecule has 0 spiro atoms. The van der Waals surface area contributed by atoms with Crippen LogP contribution in [0.1, 0.15) is 22.8 Å². The maximum absolute atomic E-state index is 12.0. The fraction of sp³-hybridized carbons (Fsp3) is 0.538. The molecule has 0 aliphatic heterocycles. The van der Waals surface area contributed by atoms with Gasteiger partial charge in [0.05, 0.1) is 12.2 Å². The minimum atomic E-state index is -0.137. The van der Waals surface area contributed by atoms with Crippen molar-refractivity contribution >= 4 is 22.5 Å². The highest BCUT2D eigenvalue weighted by Gasteiger charge is 2.10. The van der Waals surface area contributed by atoms with Crippen LogP contribution in [-0.4, -0.2) is 44.5 Å². The zero-order valence-electron chi connectivity index (χ0n) is 13.0. The summed E-state index contributed by atoms with van der Waals surface area (Å²) in [4.78, 5) is 13.6. The van der Waals surface area contributed by atoms with Gasteiger partial charge >= 0.3 is 6.03 Å². The van der Waals surface area contributed by atoms with Gasteiger partial charge in [-0.25, -0.2) is 4.79 Å². The average Bonchev–Trinajstić information content (AvgIpc) is 3.01. The smallest absolute Gasteiger partial charge is 0.317 e. The summed E-state index contributed by atoms with van der Waals surface area (Å²) in [6, 6.07) is 1.91. The van der Waals surface area contributed by atoms with E-state index in [1.165, 1.54) is 11.3 Å². The molecule has 120 valence electrons. The van der Waals surface area contributed by atoms with Crippen molar-refractivity contribution in [1.82, 2.24) is 30.2 Å². The van der Waals surface area contributed by atoms with E-state index in [4.69, 9.17) is 5.73 Å². The highest BCUT2D eigenvalue weighted by atomic mass is 32.1. The normalized spacial score (nSPS) is 10.7. The highest BCUT2D eigenvalue weighted by Crippen LogP contribution is 2.10. The number of nitrogens with one attached hydrogen (secondary N) is 1. The Hall–Kier alpha value is -2.16. The van der Waals surface area contributed by atoms with Gasteiger partial charge < -0.3 is 16.0 Å². The summed E-state index contributed by atoms with van der Waals surface area (Å²) >= 11 is 1.27. The third-order valence-electron chi connectivity index (χ3n) is 3.19. The molecule has 0 bridgehead atoms. The molecule has 2 rings (SSSR count). The van der Waals surface area contributed by atoms with E-state index in [9.17, 15) is 4.79 Å². The maximum Gasteiger partial charge on any atom is 0.317 e. The first kappa shape index (κ1) is 16.2. The van der Waals surface area contributed by atoms with Crippen LogP contribution >= 0.6 is 11.3 Å². The van der Waals surface area contributed by atoms with Crippen LogP contribution in [0.4, 0.5) is 9.93 Å². The molecule has 0 saturated carbocycles. The van der Waals surface area contributed by atoms with Crippen LogP contribution in [-0.2, 0) is 13.1 Å². The summed E-state index contributed by atoms with van der Waals surface area (Å²) in [5, 5.41) is 15.9. The number of nitrogens with zero attached hydrogens (tertiary/aromatic N) is 5. The summed E-state index contributed by atoms with van der Waals surface area (Å²) in [5.74, 6) is 0. The highest BCUT2D eigenvalue weighted by molar-refractivity contribution is 7.15. The van der Waals surface area contributed by atoms with Gasteiger partial charge in [0.1, 0.15) is 5.01 Å². The molecule has 2 heterocycles. The van der Waals surface area contributed by atoms with Crippen molar-refractivity contribution in [3.63, 3.8) is 0 Å². The lowest BCUT2D eigenvalue weighted by Gasteiger charge is -2.17. The van der Waals surface area contributed by atoms with Crippen molar-refractivity contribution in [2.45, 2.75) is 33.4 Å². The number of carbonyl (C=O) groups is 1. The summed E-state index contributed by atoms with van der Waals surface area (Å²) in [6.07, 6.45) is 0.845.